The second-order valence-corrected chi connectivity index (χ2v) is 9.15. The zero-order valence-corrected chi connectivity index (χ0v) is 18.2. The summed E-state index contributed by atoms with van der Waals surface area (Å²) in [5.74, 6) is 0.598. The van der Waals surface area contributed by atoms with Gasteiger partial charge in [-0.2, -0.15) is 0 Å². The SMILES string of the molecule is CC(C)(C)N1CC(C(=O)N2CCC(NC(=O)CCOc3ccccc3)CC2)CC1=O. The smallest absolute Gasteiger partial charge is 0.227 e. The molecule has 1 aromatic rings. The van der Waals surface area contributed by atoms with E-state index in [0.717, 1.165) is 18.6 Å². The lowest BCUT2D eigenvalue weighted by Gasteiger charge is -2.35. The van der Waals surface area contributed by atoms with E-state index in [-0.39, 0.29) is 35.2 Å². The fourth-order valence-corrected chi connectivity index (χ4v) is 4.10. The van der Waals surface area contributed by atoms with Gasteiger partial charge in [-0.05, 0) is 45.7 Å². The maximum Gasteiger partial charge on any atom is 0.227 e. The molecule has 0 saturated carbocycles. The Morgan fingerprint density at radius 2 is 1.80 bits per heavy atom. The summed E-state index contributed by atoms with van der Waals surface area (Å²) in [7, 11) is 0. The number of hydrogen-bond donors (Lipinski definition) is 1. The summed E-state index contributed by atoms with van der Waals surface area (Å²) >= 11 is 0. The first-order chi connectivity index (χ1) is 14.2. The van der Waals surface area contributed by atoms with Crippen LogP contribution in [-0.4, -0.2) is 65.3 Å². The molecule has 2 heterocycles. The van der Waals surface area contributed by atoms with Crippen molar-refractivity contribution in [3.8, 4) is 5.75 Å². The van der Waals surface area contributed by atoms with Crippen LogP contribution in [0.4, 0.5) is 0 Å². The number of para-hydroxylation sites is 1. The summed E-state index contributed by atoms with van der Waals surface area (Å²) in [6.07, 6.45) is 2.08. The van der Waals surface area contributed by atoms with Gasteiger partial charge in [0.05, 0.1) is 18.9 Å². The molecule has 1 aromatic carbocycles. The largest absolute Gasteiger partial charge is 0.493 e. The molecule has 2 aliphatic rings. The first-order valence-corrected chi connectivity index (χ1v) is 10.8. The molecule has 164 valence electrons. The summed E-state index contributed by atoms with van der Waals surface area (Å²) in [5.41, 5.74) is -0.256. The van der Waals surface area contributed by atoms with E-state index in [2.05, 4.69) is 5.32 Å². The van der Waals surface area contributed by atoms with Crippen molar-refractivity contribution < 1.29 is 19.1 Å². The van der Waals surface area contributed by atoms with E-state index in [4.69, 9.17) is 4.74 Å². The van der Waals surface area contributed by atoms with Crippen LogP contribution in [0.1, 0.15) is 46.5 Å². The fourth-order valence-electron chi connectivity index (χ4n) is 4.10. The second-order valence-electron chi connectivity index (χ2n) is 9.15. The Hall–Kier alpha value is -2.57. The number of ether oxygens (including phenoxy) is 1. The Labute approximate surface area is 178 Å². The van der Waals surface area contributed by atoms with Crippen molar-refractivity contribution in [2.75, 3.05) is 26.2 Å². The molecular formula is C23H33N3O4. The zero-order chi connectivity index (χ0) is 21.7. The summed E-state index contributed by atoms with van der Waals surface area (Å²) in [6, 6.07) is 9.52. The van der Waals surface area contributed by atoms with Gasteiger partial charge in [-0.15, -0.1) is 0 Å². The first-order valence-electron chi connectivity index (χ1n) is 10.8. The van der Waals surface area contributed by atoms with E-state index in [0.29, 0.717) is 39.1 Å². The molecule has 2 saturated heterocycles. The lowest BCUT2D eigenvalue weighted by atomic mass is 10.0. The third-order valence-corrected chi connectivity index (χ3v) is 5.80. The molecule has 0 aromatic heterocycles. The number of piperidine rings is 1. The van der Waals surface area contributed by atoms with Crippen LogP contribution in [0.5, 0.6) is 5.75 Å². The Bertz CT molecular complexity index is 751. The average molecular weight is 416 g/mol. The van der Waals surface area contributed by atoms with Crippen molar-refractivity contribution in [2.45, 2.75) is 58.0 Å². The Balaban J connectivity index is 1.38. The molecular weight excluding hydrogens is 382 g/mol. The van der Waals surface area contributed by atoms with Gasteiger partial charge in [0.15, 0.2) is 0 Å². The highest BCUT2D eigenvalue weighted by atomic mass is 16.5. The van der Waals surface area contributed by atoms with Crippen molar-refractivity contribution in [1.82, 2.24) is 15.1 Å². The normalized spacial score (nSPS) is 20.4. The maximum absolute atomic E-state index is 12.9. The number of likely N-dealkylation sites (tertiary alicyclic amines) is 2. The van der Waals surface area contributed by atoms with E-state index < -0.39 is 0 Å². The zero-order valence-electron chi connectivity index (χ0n) is 18.2. The molecule has 2 fully saturated rings. The number of rotatable bonds is 6. The molecule has 1 atom stereocenters. The van der Waals surface area contributed by atoms with Crippen LogP contribution >= 0.6 is 0 Å². The molecule has 7 nitrogen and oxygen atoms in total. The molecule has 0 aliphatic carbocycles. The number of amides is 3. The number of nitrogens with zero attached hydrogens (tertiary/aromatic N) is 2. The number of carbonyl (C=O) groups excluding carboxylic acids is 3. The molecule has 0 bridgehead atoms. The summed E-state index contributed by atoms with van der Waals surface area (Å²) in [5, 5.41) is 3.05. The fraction of sp³-hybridized carbons (Fsp3) is 0.609. The van der Waals surface area contributed by atoms with E-state index in [1.165, 1.54) is 0 Å². The second kappa shape index (κ2) is 9.49. The highest BCUT2D eigenvalue weighted by Gasteiger charge is 2.41. The van der Waals surface area contributed by atoms with Crippen molar-refractivity contribution in [1.29, 1.82) is 0 Å². The highest BCUT2D eigenvalue weighted by molar-refractivity contribution is 5.89. The summed E-state index contributed by atoms with van der Waals surface area (Å²) in [6.45, 7) is 8.06. The van der Waals surface area contributed by atoms with Gasteiger partial charge in [-0.25, -0.2) is 0 Å². The van der Waals surface area contributed by atoms with Gasteiger partial charge in [-0.1, -0.05) is 18.2 Å². The van der Waals surface area contributed by atoms with Crippen LogP contribution in [0.15, 0.2) is 30.3 Å². The quantitative estimate of drug-likeness (QED) is 0.773. The van der Waals surface area contributed by atoms with Gasteiger partial charge in [-0.3, -0.25) is 14.4 Å². The minimum Gasteiger partial charge on any atom is -0.493 e. The van der Waals surface area contributed by atoms with Gasteiger partial charge in [0.2, 0.25) is 17.7 Å². The maximum atomic E-state index is 12.9. The van der Waals surface area contributed by atoms with Crippen LogP contribution in [0.25, 0.3) is 0 Å². The molecule has 1 N–H and O–H groups in total. The third kappa shape index (κ3) is 5.74. The Kier molecular flexibility index (Phi) is 7.00. The van der Waals surface area contributed by atoms with E-state index in [9.17, 15) is 14.4 Å². The van der Waals surface area contributed by atoms with Gasteiger partial charge in [0.25, 0.3) is 0 Å². The van der Waals surface area contributed by atoms with Crippen LogP contribution < -0.4 is 10.1 Å². The van der Waals surface area contributed by atoms with Crippen molar-refractivity contribution in [3.63, 3.8) is 0 Å². The van der Waals surface area contributed by atoms with Gasteiger partial charge in [0.1, 0.15) is 5.75 Å². The standard InChI is InChI=1S/C23H33N3O4/c1-23(2,3)26-16-17(15-21(26)28)22(29)25-12-9-18(10-13-25)24-20(27)11-14-30-19-7-5-4-6-8-19/h4-8,17-18H,9-16H2,1-3H3,(H,24,27). The van der Waals surface area contributed by atoms with Crippen molar-refractivity contribution in [2.24, 2.45) is 5.92 Å². The third-order valence-electron chi connectivity index (χ3n) is 5.80. The highest BCUT2D eigenvalue weighted by Crippen LogP contribution is 2.28. The lowest BCUT2D eigenvalue weighted by Crippen LogP contribution is -2.49. The summed E-state index contributed by atoms with van der Waals surface area (Å²) in [4.78, 5) is 41.0. The summed E-state index contributed by atoms with van der Waals surface area (Å²) < 4.78 is 5.57. The van der Waals surface area contributed by atoms with Crippen molar-refractivity contribution in [3.05, 3.63) is 30.3 Å². The lowest BCUT2D eigenvalue weighted by molar-refractivity contribution is -0.137. The minimum absolute atomic E-state index is 0.0297. The molecule has 0 radical (unpaired) electrons. The number of hydrogen-bond acceptors (Lipinski definition) is 4. The van der Waals surface area contributed by atoms with E-state index in [1.54, 1.807) is 4.90 Å². The Morgan fingerprint density at radius 1 is 1.13 bits per heavy atom. The van der Waals surface area contributed by atoms with Crippen LogP contribution in [-0.2, 0) is 14.4 Å². The first kappa shape index (κ1) is 22.1. The Morgan fingerprint density at radius 3 is 2.40 bits per heavy atom. The van der Waals surface area contributed by atoms with Crippen LogP contribution in [0.3, 0.4) is 0 Å². The number of benzene rings is 1. The predicted molar refractivity (Wildman–Crippen MR) is 114 cm³/mol. The van der Waals surface area contributed by atoms with E-state index >= 15 is 0 Å². The molecule has 1 unspecified atom stereocenters. The molecule has 3 amide bonds. The topological polar surface area (TPSA) is 79.0 Å². The monoisotopic (exact) mass is 415 g/mol. The van der Waals surface area contributed by atoms with Crippen LogP contribution in [0, 0.1) is 5.92 Å². The van der Waals surface area contributed by atoms with Gasteiger partial charge < -0.3 is 19.9 Å². The molecule has 7 heteroatoms. The van der Waals surface area contributed by atoms with Gasteiger partial charge >= 0.3 is 0 Å². The number of nitrogens with one attached hydrogen (secondary N) is 1. The van der Waals surface area contributed by atoms with E-state index in [1.807, 2.05) is 56.0 Å². The van der Waals surface area contributed by atoms with Crippen molar-refractivity contribution >= 4 is 17.7 Å². The number of carbonyl (C=O) groups is 3. The minimum atomic E-state index is -0.256. The van der Waals surface area contributed by atoms with Gasteiger partial charge in [0, 0.05) is 37.6 Å². The average Bonchev–Trinajstić information content (AvgIpc) is 3.11. The van der Waals surface area contributed by atoms with Crippen LogP contribution in [0.2, 0.25) is 0 Å². The molecule has 3 rings (SSSR count). The molecule has 0 spiro atoms. The predicted octanol–water partition coefficient (Wildman–Crippen LogP) is 2.21. The molecule has 30 heavy (non-hydrogen) atoms. The molecule has 2 aliphatic heterocycles.